The molecule has 3 aromatic carbocycles. The van der Waals surface area contributed by atoms with Crippen LogP contribution in [0.4, 0.5) is 5.69 Å². The molecule has 30 heavy (non-hydrogen) atoms. The molecular formula is C21H20N2O5S2. The van der Waals surface area contributed by atoms with Gasteiger partial charge in [0.2, 0.25) is 10.0 Å². The van der Waals surface area contributed by atoms with E-state index in [0.717, 1.165) is 0 Å². The van der Waals surface area contributed by atoms with Crippen LogP contribution >= 0.6 is 0 Å². The van der Waals surface area contributed by atoms with Gasteiger partial charge in [-0.1, -0.05) is 42.5 Å². The summed E-state index contributed by atoms with van der Waals surface area (Å²) in [4.78, 5) is 12.8. The van der Waals surface area contributed by atoms with Gasteiger partial charge in [-0.3, -0.25) is 4.79 Å². The van der Waals surface area contributed by atoms with Crippen LogP contribution < -0.4 is 10.5 Å². The summed E-state index contributed by atoms with van der Waals surface area (Å²) in [6, 6.07) is 20.8. The zero-order valence-corrected chi connectivity index (χ0v) is 17.5. The lowest BCUT2D eigenvalue weighted by atomic mass is 10.1. The monoisotopic (exact) mass is 444 g/mol. The van der Waals surface area contributed by atoms with Crippen molar-refractivity contribution in [3.05, 3.63) is 95.6 Å². The lowest BCUT2D eigenvalue weighted by Gasteiger charge is -2.09. The summed E-state index contributed by atoms with van der Waals surface area (Å²) in [7, 11) is -7.16. The van der Waals surface area contributed by atoms with E-state index >= 15 is 0 Å². The fraction of sp³-hybridized carbons (Fsp3) is 0.0952. The number of sulfone groups is 1. The molecule has 3 N–H and O–H groups in total. The van der Waals surface area contributed by atoms with Crippen LogP contribution in [0.1, 0.15) is 21.5 Å². The number of primary sulfonamides is 1. The number of carbonyl (C=O) groups excluding carboxylic acids is 1. The minimum Gasteiger partial charge on any atom is -0.322 e. The van der Waals surface area contributed by atoms with Gasteiger partial charge in [0.05, 0.1) is 16.4 Å². The molecule has 0 fully saturated rings. The SMILES string of the molecule is NS(=O)(=O)Cc1ccc(NC(=O)c2cccc(CS(=O)(=O)c3ccccc3)c2)cc1. The summed E-state index contributed by atoms with van der Waals surface area (Å²) in [5.74, 6) is -0.923. The minimum absolute atomic E-state index is 0.222. The third kappa shape index (κ3) is 5.99. The lowest BCUT2D eigenvalue weighted by molar-refractivity contribution is 0.102. The van der Waals surface area contributed by atoms with Gasteiger partial charge >= 0.3 is 0 Å². The summed E-state index contributed by atoms with van der Waals surface area (Å²) in [6.07, 6.45) is 0. The number of nitrogens with two attached hydrogens (primary N) is 1. The van der Waals surface area contributed by atoms with Gasteiger partial charge in [0.25, 0.3) is 5.91 Å². The van der Waals surface area contributed by atoms with Crippen molar-refractivity contribution < 1.29 is 21.6 Å². The second-order valence-corrected chi connectivity index (χ2v) is 10.3. The summed E-state index contributed by atoms with van der Waals surface area (Å²) in [5, 5.41) is 7.72. The van der Waals surface area contributed by atoms with Crippen molar-refractivity contribution in [2.24, 2.45) is 5.14 Å². The maximum absolute atomic E-state index is 12.6. The van der Waals surface area contributed by atoms with Crippen molar-refractivity contribution in [2.45, 2.75) is 16.4 Å². The Balaban J connectivity index is 1.72. The zero-order valence-electron chi connectivity index (χ0n) is 15.9. The molecule has 0 atom stereocenters. The van der Waals surface area contributed by atoms with Crippen LogP contribution in [0.3, 0.4) is 0 Å². The maximum Gasteiger partial charge on any atom is 0.255 e. The van der Waals surface area contributed by atoms with Gasteiger partial charge in [-0.25, -0.2) is 22.0 Å². The molecule has 0 radical (unpaired) electrons. The highest BCUT2D eigenvalue weighted by Gasteiger charge is 2.16. The summed E-state index contributed by atoms with van der Waals surface area (Å²) in [6.45, 7) is 0. The van der Waals surface area contributed by atoms with Gasteiger partial charge in [0.1, 0.15) is 0 Å². The Bertz CT molecular complexity index is 1250. The number of amides is 1. The van der Waals surface area contributed by atoms with E-state index in [9.17, 15) is 21.6 Å². The number of nitrogens with one attached hydrogen (secondary N) is 1. The molecule has 0 bridgehead atoms. The van der Waals surface area contributed by atoms with E-state index in [0.29, 0.717) is 22.4 Å². The number of hydrogen-bond acceptors (Lipinski definition) is 5. The molecule has 1 amide bonds. The van der Waals surface area contributed by atoms with Crippen molar-refractivity contribution in [1.82, 2.24) is 0 Å². The molecule has 0 aliphatic heterocycles. The van der Waals surface area contributed by atoms with Crippen LogP contribution in [0.5, 0.6) is 0 Å². The molecule has 156 valence electrons. The highest BCUT2D eigenvalue weighted by molar-refractivity contribution is 7.90. The Morgan fingerprint density at radius 3 is 2.07 bits per heavy atom. The van der Waals surface area contributed by atoms with Gasteiger partial charge in [-0.15, -0.1) is 0 Å². The standard InChI is InChI=1S/C21H20N2O5S2/c22-30(27,28)15-16-9-11-19(12-10-16)23-21(24)18-6-4-5-17(13-18)14-29(25,26)20-7-2-1-3-8-20/h1-13H,14-15H2,(H,23,24)(H2,22,27,28). The number of benzene rings is 3. The van der Waals surface area contributed by atoms with Gasteiger partial charge < -0.3 is 5.32 Å². The van der Waals surface area contributed by atoms with E-state index in [1.807, 2.05) is 0 Å². The second kappa shape index (κ2) is 8.78. The van der Waals surface area contributed by atoms with E-state index in [4.69, 9.17) is 5.14 Å². The first-order valence-electron chi connectivity index (χ1n) is 8.90. The highest BCUT2D eigenvalue weighted by atomic mass is 32.2. The normalized spacial score (nSPS) is 11.8. The molecule has 0 saturated carbocycles. The molecule has 7 nitrogen and oxygen atoms in total. The predicted molar refractivity (Wildman–Crippen MR) is 115 cm³/mol. The molecule has 0 aromatic heterocycles. The predicted octanol–water partition coefficient (Wildman–Crippen LogP) is 2.70. The van der Waals surface area contributed by atoms with Crippen molar-refractivity contribution >= 4 is 31.5 Å². The van der Waals surface area contributed by atoms with E-state index in [1.54, 1.807) is 60.7 Å². The summed E-state index contributed by atoms with van der Waals surface area (Å²) >= 11 is 0. The maximum atomic E-state index is 12.6. The van der Waals surface area contributed by atoms with Crippen LogP contribution in [0.25, 0.3) is 0 Å². The average molecular weight is 445 g/mol. The molecule has 0 aliphatic rings. The van der Waals surface area contributed by atoms with Gasteiger partial charge in [0.15, 0.2) is 9.84 Å². The average Bonchev–Trinajstić information content (AvgIpc) is 2.69. The smallest absolute Gasteiger partial charge is 0.255 e. The first kappa shape index (κ1) is 21.7. The second-order valence-electron chi connectivity index (χ2n) is 6.73. The Kier molecular flexibility index (Phi) is 6.35. The Labute approximate surface area is 175 Å². The van der Waals surface area contributed by atoms with Gasteiger partial charge in [0, 0.05) is 11.3 Å². The Morgan fingerprint density at radius 1 is 0.767 bits per heavy atom. The molecular weight excluding hydrogens is 424 g/mol. The van der Waals surface area contributed by atoms with Crippen LogP contribution in [-0.4, -0.2) is 22.7 Å². The third-order valence-corrected chi connectivity index (χ3v) is 6.67. The first-order valence-corrected chi connectivity index (χ1v) is 12.3. The summed E-state index contributed by atoms with van der Waals surface area (Å²) < 4.78 is 47.4. The molecule has 0 spiro atoms. The largest absolute Gasteiger partial charge is 0.322 e. The van der Waals surface area contributed by atoms with Crippen LogP contribution in [0.15, 0.2) is 83.8 Å². The molecule has 9 heteroatoms. The Hall–Kier alpha value is -3.01. The number of carbonyl (C=O) groups is 1. The molecule has 3 aromatic rings. The number of sulfonamides is 1. The van der Waals surface area contributed by atoms with Crippen molar-refractivity contribution in [3.8, 4) is 0 Å². The first-order chi connectivity index (χ1) is 14.1. The van der Waals surface area contributed by atoms with Crippen LogP contribution in [0.2, 0.25) is 0 Å². The number of anilines is 1. The minimum atomic E-state index is -3.63. The lowest BCUT2D eigenvalue weighted by Crippen LogP contribution is -2.15. The Morgan fingerprint density at radius 2 is 1.43 bits per heavy atom. The number of rotatable bonds is 7. The van der Waals surface area contributed by atoms with E-state index in [-0.39, 0.29) is 16.4 Å². The topological polar surface area (TPSA) is 123 Å². The summed E-state index contributed by atoms with van der Waals surface area (Å²) in [5.41, 5.74) is 1.78. The van der Waals surface area contributed by atoms with E-state index in [2.05, 4.69) is 5.32 Å². The van der Waals surface area contributed by atoms with E-state index in [1.165, 1.54) is 18.2 Å². The van der Waals surface area contributed by atoms with Gasteiger partial charge in [-0.2, -0.15) is 0 Å². The fourth-order valence-electron chi connectivity index (χ4n) is 2.85. The van der Waals surface area contributed by atoms with Crippen molar-refractivity contribution in [2.75, 3.05) is 5.32 Å². The van der Waals surface area contributed by atoms with Crippen molar-refractivity contribution in [1.29, 1.82) is 0 Å². The molecule has 0 heterocycles. The highest BCUT2D eigenvalue weighted by Crippen LogP contribution is 2.18. The van der Waals surface area contributed by atoms with Gasteiger partial charge in [-0.05, 0) is 47.5 Å². The van der Waals surface area contributed by atoms with Crippen LogP contribution in [-0.2, 0) is 31.4 Å². The van der Waals surface area contributed by atoms with E-state index < -0.39 is 25.8 Å². The molecule has 0 saturated heterocycles. The molecule has 3 rings (SSSR count). The fourth-order valence-corrected chi connectivity index (χ4v) is 4.87. The van der Waals surface area contributed by atoms with Crippen molar-refractivity contribution in [3.63, 3.8) is 0 Å². The molecule has 0 unspecified atom stereocenters. The molecule has 0 aliphatic carbocycles. The zero-order chi connectivity index (χ0) is 21.8. The quantitative estimate of drug-likeness (QED) is 0.580. The van der Waals surface area contributed by atoms with Crippen LogP contribution in [0, 0.1) is 0 Å². The third-order valence-electron chi connectivity index (χ3n) is 4.23. The number of hydrogen-bond donors (Lipinski definition) is 2.